The Hall–Kier alpha value is -1.34. The van der Waals surface area contributed by atoms with Crippen molar-refractivity contribution in [2.24, 2.45) is 5.92 Å². The summed E-state index contributed by atoms with van der Waals surface area (Å²) in [4.78, 5) is 11.9. The van der Waals surface area contributed by atoms with E-state index in [1.54, 1.807) is 0 Å². The largest absolute Gasteiger partial charge is 0.416 e. The van der Waals surface area contributed by atoms with E-state index in [-0.39, 0.29) is 21.7 Å². The van der Waals surface area contributed by atoms with Gasteiger partial charge in [-0.1, -0.05) is 24.4 Å². The van der Waals surface area contributed by atoms with E-state index in [9.17, 15) is 18.0 Å². The Kier molecular flexibility index (Phi) is 5.86. The highest BCUT2D eigenvalue weighted by molar-refractivity contribution is 7.80. The van der Waals surface area contributed by atoms with Crippen molar-refractivity contribution < 1.29 is 18.0 Å². The average Bonchev–Trinajstić information content (AvgIpc) is 2.92. The second-order valence-electron chi connectivity index (χ2n) is 5.55. The minimum absolute atomic E-state index is 0.00709. The fourth-order valence-corrected chi connectivity index (χ4v) is 2.99. The van der Waals surface area contributed by atoms with Gasteiger partial charge in [0.1, 0.15) is 0 Å². The zero-order valence-corrected chi connectivity index (χ0v) is 13.7. The van der Waals surface area contributed by atoms with Crippen LogP contribution in [0.15, 0.2) is 18.2 Å². The summed E-state index contributed by atoms with van der Waals surface area (Å²) in [6.45, 7) is 0. The Balaban J connectivity index is 1.95. The monoisotopic (exact) mass is 364 g/mol. The number of hydrogen-bond donors (Lipinski definition) is 2. The Morgan fingerprint density at radius 2 is 1.96 bits per heavy atom. The third-order valence-electron chi connectivity index (χ3n) is 3.74. The normalized spacial score (nSPS) is 15.5. The van der Waals surface area contributed by atoms with Crippen LogP contribution in [0.1, 0.15) is 37.7 Å². The summed E-state index contributed by atoms with van der Waals surface area (Å²) in [5, 5.41) is 5.06. The van der Waals surface area contributed by atoms with Gasteiger partial charge in [-0.25, -0.2) is 0 Å². The lowest BCUT2D eigenvalue weighted by Gasteiger charge is -2.14. The summed E-state index contributed by atoms with van der Waals surface area (Å²) in [5.41, 5.74) is -0.836. The number of carbonyl (C=O) groups is 1. The molecule has 23 heavy (non-hydrogen) atoms. The molecule has 1 aromatic carbocycles. The summed E-state index contributed by atoms with van der Waals surface area (Å²) >= 11 is 10.8. The summed E-state index contributed by atoms with van der Waals surface area (Å²) in [6, 6.07) is 2.88. The Bertz CT molecular complexity index is 601. The van der Waals surface area contributed by atoms with Crippen LogP contribution < -0.4 is 10.6 Å². The molecule has 1 fully saturated rings. The molecule has 0 bridgehead atoms. The van der Waals surface area contributed by atoms with Gasteiger partial charge in [0.25, 0.3) is 0 Å². The van der Waals surface area contributed by atoms with Gasteiger partial charge in [-0.3, -0.25) is 4.79 Å². The first-order valence-electron chi connectivity index (χ1n) is 7.23. The van der Waals surface area contributed by atoms with Crippen molar-refractivity contribution in [3.05, 3.63) is 28.8 Å². The highest BCUT2D eigenvalue weighted by Gasteiger charge is 2.31. The fraction of sp³-hybridized carbons (Fsp3) is 0.467. The van der Waals surface area contributed by atoms with Crippen molar-refractivity contribution in [2.45, 2.75) is 38.3 Å². The van der Waals surface area contributed by atoms with Crippen molar-refractivity contribution in [1.29, 1.82) is 0 Å². The molecule has 1 aliphatic rings. The SMILES string of the molecule is O=C(CC1CCCC1)NC(=S)Nc1cc(C(F)(F)F)ccc1Cl. The van der Waals surface area contributed by atoms with Crippen molar-refractivity contribution in [2.75, 3.05) is 5.32 Å². The zero-order valence-electron chi connectivity index (χ0n) is 12.2. The van der Waals surface area contributed by atoms with Gasteiger partial charge in [0.05, 0.1) is 16.3 Å². The van der Waals surface area contributed by atoms with E-state index in [1.165, 1.54) is 0 Å². The van der Waals surface area contributed by atoms with Gasteiger partial charge in [0.2, 0.25) is 5.91 Å². The molecule has 0 radical (unpaired) electrons. The molecule has 1 amide bonds. The molecule has 3 nitrogen and oxygen atoms in total. The molecule has 0 aliphatic heterocycles. The van der Waals surface area contributed by atoms with Gasteiger partial charge in [-0.15, -0.1) is 0 Å². The van der Waals surface area contributed by atoms with Crippen LogP contribution in [0.5, 0.6) is 0 Å². The molecular formula is C15H16ClF3N2OS. The van der Waals surface area contributed by atoms with Crippen molar-refractivity contribution in [3.63, 3.8) is 0 Å². The lowest BCUT2D eigenvalue weighted by molar-refractivity contribution is -0.137. The number of alkyl halides is 3. The number of amides is 1. The van der Waals surface area contributed by atoms with E-state index >= 15 is 0 Å². The van der Waals surface area contributed by atoms with Crippen LogP contribution in [-0.4, -0.2) is 11.0 Å². The molecule has 126 valence electrons. The van der Waals surface area contributed by atoms with Crippen LogP contribution in [0, 0.1) is 5.92 Å². The first kappa shape index (κ1) is 18.0. The molecule has 2 rings (SSSR count). The molecule has 0 unspecified atom stereocenters. The van der Waals surface area contributed by atoms with Crippen LogP contribution in [0.3, 0.4) is 0 Å². The van der Waals surface area contributed by atoms with E-state index in [2.05, 4.69) is 10.6 Å². The van der Waals surface area contributed by atoms with E-state index in [1.807, 2.05) is 0 Å². The van der Waals surface area contributed by atoms with Crippen LogP contribution in [-0.2, 0) is 11.0 Å². The zero-order chi connectivity index (χ0) is 17.0. The number of carbonyl (C=O) groups excluding carboxylic acids is 1. The van der Waals surface area contributed by atoms with Gasteiger partial charge in [0, 0.05) is 6.42 Å². The predicted molar refractivity (Wildman–Crippen MR) is 87.4 cm³/mol. The highest BCUT2D eigenvalue weighted by Crippen LogP contribution is 2.33. The van der Waals surface area contributed by atoms with Crippen LogP contribution >= 0.6 is 23.8 Å². The third-order valence-corrected chi connectivity index (χ3v) is 4.28. The van der Waals surface area contributed by atoms with Gasteiger partial charge in [-0.2, -0.15) is 13.2 Å². The average molecular weight is 365 g/mol. The lowest BCUT2D eigenvalue weighted by atomic mass is 10.0. The highest BCUT2D eigenvalue weighted by atomic mass is 35.5. The van der Waals surface area contributed by atoms with Gasteiger partial charge in [0.15, 0.2) is 5.11 Å². The second kappa shape index (κ2) is 7.49. The van der Waals surface area contributed by atoms with Crippen LogP contribution in [0.25, 0.3) is 0 Å². The van der Waals surface area contributed by atoms with Gasteiger partial charge < -0.3 is 10.6 Å². The Morgan fingerprint density at radius 3 is 2.57 bits per heavy atom. The third kappa shape index (κ3) is 5.35. The summed E-state index contributed by atoms with van der Waals surface area (Å²) in [5.74, 6) is 0.118. The molecular weight excluding hydrogens is 349 g/mol. The van der Waals surface area contributed by atoms with Gasteiger partial charge in [-0.05, 0) is 49.2 Å². The number of thiocarbonyl (C=S) groups is 1. The lowest BCUT2D eigenvalue weighted by Crippen LogP contribution is -2.35. The molecule has 0 aromatic heterocycles. The molecule has 0 heterocycles. The van der Waals surface area contributed by atoms with E-state index in [4.69, 9.17) is 23.8 Å². The number of hydrogen-bond acceptors (Lipinski definition) is 2. The number of benzene rings is 1. The van der Waals surface area contributed by atoms with Crippen molar-refractivity contribution in [1.82, 2.24) is 5.32 Å². The topological polar surface area (TPSA) is 41.1 Å². The number of anilines is 1. The maximum absolute atomic E-state index is 12.7. The minimum Gasteiger partial charge on any atom is -0.331 e. The summed E-state index contributed by atoms with van der Waals surface area (Å²) < 4.78 is 38.1. The first-order chi connectivity index (χ1) is 10.8. The molecule has 0 spiro atoms. The molecule has 0 saturated heterocycles. The number of nitrogens with one attached hydrogen (secondary N) is 2. The molecule has 2 N–H and O–H groups in total. The molecule has 1 aliphatic carbocycles. The smallest absolute Gasteiger partial charge is 0.331 e. The number of rotatable bonds is 3. The van der Waals surface area contributed by atoms with E-state index in [0.29, 0.717) is 12.3 Å². The maximum Gasteiger partial charge on any atom is 0.416 e. The molecule has 8 heteroatoms. The standard InChI is InChI=1S/C15H16ClF3N2OS/c16-11-6-5-10(15(17,18)19)8-12(11)20-14(23)21-13(22)7-9-3-1-2-4-9/h5-6,8-9H,1-4,7H2,(H2,20,21,22,23). The number of halogens is 4. The van der Waals surface area contributed by atoms with E-state index in [0.717, 1.165) is 43.9 Å². The molecule has 1 aromatic rings. The second-order valence-corrected chi connectivity index (χ2v) is 6.36. The maximum atomic E-state index is 12.7. The van der Waals surface area contributed by atoms with Crippen molar-refractivity contribution in [3.8, 4) is 0 Å². The predicted octanol–water partition coefficient (Wildman–Crippen LogP) is 4.75. The molecule has 1 saturated carbocycles. The first-order valence-corrected chi connectivity index (χ1v) is 8.02. The Morgan fingerprint density at radius 1 is 1.30 bits per heavy atom. The summed E-state index contributed by atoms with van der Waals surface area (Å²) in [7, 11) is 0. The quantitative estimate of drug-likeness (QED) is 0.760. The Labute approximate surface area is 142 Å². The van der Waals surface area contributed by atoms with Gasteiger partial charge >= 0.3 is 6.18 Å². The van der Waals surface area contributed by atoms with Crippen molar-refractivity contribution >= 4 is 40.5 Å². The van der Waals surface area contributed by atoms with Crippen LogP contribution in [0.4, 0.5) is 18.9 Å². The van der Waals surface area contributed by atoms with Crippen LogP contribution in [0.2, 0.25) is 5.02 Å². The summed E-state index contributed by atoms with van der Waals surface area (Å²) in [6.07, 6.45) is 0.188. The molecule has 0 atom stereocenters. The van der Waals surface area contributed by atoms with E-state index < -0.39 is 11.7 Å². The fourth-order valence-electron chi connectivity index (χ4n) is 2.61. The minimum atomic E-state index is -4.48.